The molecule has 1 unspecified atom stereocenters. The Morgan fingerprint density at radius 2 is 1.69 bits per heavy atom. The van der Waals surface area contributed by atoms with E-state index in [4.69, 9.17) is 0 Å². The van der Waals surface area contributed by atoms with Crippen molar-refractivity contribution in [3.63, 3.8) is 0 Å². The van der Waals surface area contributed by atoms with Crippen molar-refractivity contribution in [3.05, 3.63) is 0 Å². The highest BCUT2D eigenvalue weighted by atomic mass is 14.8. The van der Waals surface area contributed by atoms with Crippen LogP contribution in [0.25, 0.3) is 0 Å². The molecule has 0 aromatic heterocycles. The fraction of sp³-hybridized carbons (Fsp3) is 1.00. The summed E-state index contributed by atoms with van der Waals surface area (Å²) in [5, 5.41) is 3.41. The van der Waals surface area contributed by atoms with Crippen LogP contribution in [0.15, 0.2) is 0 Å². The average Bonchev–Trinajstić information content (AvgIpc) is 2.25. The van der Waals surface area contributed by atoms with Gasteiger partial charge in [0.1, 0.15) is 0 Å². The summed E-state index contributed by atoms with van der Waals surface area (Å²) in [4.78, 5) is 0. The molecular formula is C15H33N. The van der Waals surface area contributed by atoms with Crippen molar-refractivity contribution in [1.82, 2.24) is 5.32 Å². The largest absolute Gasteiger partial charge is 0.319 e. The monoisotopic (exact) mass is 227 g/mol. The topological polar surface area (TPSA) is 12.0 Å². The van der Waals surface area contributed by atoms with Crippen molar-refractivity contribution in [1.29, 1.82) is 0 Å². The normalized spacial score (nSPS) is 15.4. The maximum Gasteiger partial charge on any atom is 0.000470 e. The first-order valence-corrected chi connectivity index (χ1v) is 7.24. The van der Waals surface area contributed by atoms with Crippen LogP contribution < -0.4 is 5.32 Å². The number of hydrogen-bond donors (Lipinski definition) is 1. The van der Waals surface area contributed by atoms with Crippen LogP contribution >= 0.6 is 0 Å². The molecule has 0 radical (unpaired) electrons. The number of rotatable bonds is 10. The molecule has 0 aliphatic carbocycles. The van der Waals surface area contributed by atoms with Gasteiger partial charge in [-0.1, -0.05) is 53.4 Å². The lowest BCUT2D eigenvalue weighted by Crippen LogP contribution is -2.32. The van der Waals surface area contributed by atoms with Gasteiger partial charge in [-0.15, -0.1) is 0 Å². The summed E-state index contributed by atoms with van der Waals surface area (Å²) < 4.78 is 0. The number of hydrogen-bond acceptors (Lipinski definition) is 1. The molecule has 0 rings (SSSR count). The van der Waals surface area contributed by atoms with Crippen LogP contribution in [0.3, 0.4) is 0 Å². The highest BCUT2D eigenvalue weighted by Crippen LogP contribution is 2.34. The molecule has 1 atom stereocenters. The zero-order chi connectivity index (χ0) is 12.4. The van der Waals surface area contributed by atoms with Gasteiger partial charge in [-0.3, -0.25) is 0 Å². The van der Waals surface area contributed by atoms with Gasteiger partial charge in [-0.25, -0.2) is 0 Å². The van der Waals surface area contributed by atoms with Crippen molar-refractivity contribution in [2.24, 2.45) is 11.3 Å². The van der Waals surface area contributed by atoms with Crippen molar-refractivity contribution >= 4 is 0 Å². The van der Waals surface area contributed by atoms with E-state index >= 15 is 0 Å². The molecular weight excluding hydrogens is 194 g/mol. The third kappa shape index (κ3) is 6.52. The van der Waals surface area contributed by atoms with Crippen LogP contribution in [0.5, 0.6) is 0 Å². The molecule has 98 valence electrons. The average molecular weight is 227 g/mol. The fourth-order valence-corrected chi connectivity index (χ4v) is 2.59. The van der Waals surface area contributed by atoms with Gasteiger partial charge in [-0.05, 0) is 37.6 Å². The molecule has 0 fully saturated rings. The zero-order valence-corrected chi connectivity index (χ0v) is 12.2. The molecule has 0 amide bonds. The highest BCUT2D eigenvalue weighted by Gasteiger charge is 2.26. The molecule has 0 aliphatic heterocycles. The second kappa shape index (κ2) is 9.04. The Bertz CT molecular complexity index is 154. The summed E-state index contributed by atoms with van der Waals surface area (Å²) in [5.41, 5.74) is 0.569. The van der Waals surface area contributed by atoms with E-state index in [1.165, 1.54) is 51.5 Å². The standard InChI is InChI=1S/C15H33N/c1-6-8-11-15(7-2,13-16-5)12-9-10-14(3)4/h14,16H,6-13H2,1-5H3. The lowest BCUT2D eigenvalue weighted by atomic mass is 9.75. The van der Waals surface area contributed by atoms with Gasteiger partial charge >= 0.3 is 0 Å². The van der Waals surface area contributed by atoms with Gasteiger partial charge in [0.05, 0.1) is 0 Å². The van der Waals surface area contributed by atoms with E-state index in [-0.39, 0.29) is 0 Å². The van der Waals surface area contributed by atoms with E-state index in [9.17, 15) is 0 Å². The van der Waals surface area contributed by atoms with E-state index in [0.29, 0.717) is 5.41 Å². The lowest BCUT2D eigenvalue weighted by molar-refractivity contribution is 0.207. The van der Waals surface area contributed by atoms with Gasteiger partial charge in [0.2, 0.25) is 0 Å². The molecule has 0 bridgehead atoms. The van der Waals surface area contributed by atoms with E-state index in [1.807, 2.05) is 0 Å². The summed E-state index contributed by atoms with van der Waals surface area (Å²) in [5.74, 6) is 0.857. The second-order valence-corrected chi connectivity index (χ2v) is 5.77. The molecule has 0 saturated carbocycles. The zero-order valence-electron chi connectivity index (χ0n) is 12.2. The summed E-state index contributed by atoms with van der Waals surface area (Å²) in [6.45, 7) is 10.5. The van der Waals surface area contributed by atoms with E-state index in [2.05, 4.69) is 40.1 Å². The van der Waals surface area contributed by atoms with Gasteiger partial charge in [0, 0.05) is 6.54 Å². The van der Waals surface area contributed by atoms with Gasteiger partial charge in [-0.2, -0.15) is 0 Å². The first-order chi connectivity index (χ1) is 7.60. The molecule has 0 saturated heterocycles. The Morgan fingerprint density at radius 1 is 1.06 bits per heavy atom. The Hall–Kier alpha value is -0.0400. The predicted molar refractivity (Wildman–Crippen MR) is 74.9 cm³/mol. The summed E-state index contributed by atoms with van der Waals surface area (Å²) in [6.07, 6.45) is 9.63. The van der Waals surface area contributed by atoms with Crippen molar-refractivity contribution in [2.45, 2.75) is 72.6 Å². The third-order valence-electron chi connectivity index (χ3n) is 3.85. The summed E-state index contributed by atoms with van der Waals surface area (Å²) in [7, 11) is 2.10. The molecule has 0 aliphatic rings. The minimum Gasteiger partial charge on any atom is -0.319 e. The maximum absolute atomic E-state index is 3.41. The summed E-state index contributed by atoms with van der Waals surface area (Å²) in [6, 6.07) is 0. The molecule has 0 heterocycles. The fourth-order valence-electron chi connectivity index (χ4n) is 2.59. The highest BCUT2D eigenvalue weighted by molar-refractivity contribution is 4.80. The predicted octanol–water partition coefficient (Wildman–Crippen LogP) is 4.62. The maximum atomic E-state index is 3.41. The first kappa shape index (κ1) is 16.0. The van der Waals surface area contributed by atoms with Crippen LogP contribution in [-0.4, -0.2) is 13.6 Å². The third-order valence-corrected chi connectivity index (χ3v) is 3.85. The Kier molecular flexibility index (Phi) is 9.02. The van der Waals surface area contributed by atoms with Crippen molar-refractivity contribution < 1.29 is 0 Å². The Morgan fingerprint density at radius 3 is 2.12 bits per heavy atom. The van der Waals surface area contributed by atoms with Crippen LogP contribution in [-0.2, 0) is 0 Å². The van der Waals surface area contributed by atoms with E-state index in [1.54, 1.807) is 0 Å². The van der Waals surface area contributed by atoms with Crippen LogP contribution in [0.4, 0.5) is 0 Å². The molecule has 1 heteroatoms. The van der Waals surface area contributed by atoms with E-state index in [0.717, 1.165) is 5.92 Å². The van der Waals surface area contributed by atoms with Gasteiger partial charge in [0.25, 0.3) is 0 Å². The smallest absolute Gasteiger partial charge is 0.000470 e. The molecule has 16 heavy (non-hydrogen) atoms. The molecule has 1 N–H and O–H groups in total. The minimum absolute atomic E-state index is 0.569. The van der Waals surface area contributed by atoms with Crippen LogP contribution in [0.1, 0.15) is 72.6 Å². The molecule has 0 aromatic carbocycles. The second-order valence-electron chi connectivity index (χ2n) is 5.77. The lowest BCUT2D eigenvalue weighted by Gasteiger charge is -2.33. The Balaban J connectivity index is 4.14. The minimum atomic E-state index is 0.569. The molecule has 0 spiro atoms. The van der Waals surface area contributed by atoms with Gasteiger partial charge < -0.3 is 5.32 Å². The van der Waals surface area contributed by atoms with Gasteiger partial charge in [0.15, 0.2) is 0 Å². The SMILES string of the molecule is CCCCC(CC)(CCCC(C)C)CNC. The number of nitrogens with one attached hydrogen (secondary N) is 1. The summed E-state index contributed by atoms with van der Waals surface area (Å²) >= 11 is 0. The quantitative estimate of drug-likeness (QED) is 0.574. The van der Waals surface area contributed by atoms with Crippen LogP contribution in [0.2, 0.25) is 0 Å². The van der Waals surface area contributed by atoms with Crippen molar-refractivity contribution in [3.8, 4) is 0 Å². The molecule has 1 nitrogen and oxygen atoms in total. The molecule has 0 aromatic rings. The van der Waals surface area contributed by atoms with Crippen molar-refractivity contribution in [2.75, 3.05) is 13.6 Å². The Labute approximate surface area is 103 Å². The van der Waals surface area contributed by atoms with E-state index < -0.39 is 0 Å². The first-order valence-electron chi connectivity index (χ1n) is 7.24. The van der Waals surface area contributed by atoms with Crippen LogP contribution in [0, 0.1) is 11.3 Å². The number of unbranched alkanes of at least 4 members (excludes halogenated alkanes) is 1.